The highest BCUT2D eigenvalue weighted by Gasteiger charge is 2.25. The summed E-state index contributed by atoms with van der Waals surface area (Å²) < 4.78 is 12.5. The van der Waals surface area contributed by atoms with Gasteiger partial charge in [-0.2, -0.15) is 0 Å². The first kappa shape index (κ1) is 23.5. The van der Waals surface area contributed by atoms with Gasteiger partial charge in [-0.15, -0.1) is 18.3 Å². The third-order valence-corrected chi connectivity index (χ3v) is 7.59. The average molecular weight is 459 g/mol. The highest BCUT2D eigenvalue weighted by atomic mass is 32.2. The molecule has 31 heavy (non-hydrogen) atoms. The molecule has 8 heteroatoms. The minimum absolute atomic E-state index is 0.0252. The number of carbonyl (C=O) groups is 1. The fraction of sp³-hybridized carbons (Fsp3) is 0.435. The van der Waals surface area contributed by atoms with E-state index in [1.54, 1.807) is 30.2 Å². The molecule has 2 aromatic rings. The monoisotopic (exact) mass is 458 g/mol. The molecule has 1 aromatic heterocycles. The standard InChI is InChI=1S/C23H30N4O2S2/c1-3-5-16-30-23-20(9-4-2)22(24-18-25-23)27-14-12-26(13-15-27)21(28)17-31(29)19-10-7-6-8-11-19/h4,6-8,10-11,18H,2-3,5,9,12-17H2,1H3. The Labute approximate surface area is 191 Å². The Bertz CT molecular complexity index is 900. The Balaban J connectivity index is 1.62. The van der Waals surface area contributed by atoms with Gasteiger partial charge in [-0.3, -0.25) is 9.00 Å². The quantitative estimate of drug-likeness (QED) is 0.235. The van der Waals surface area contributed by atoms with Gasteiger partial charge in [0.05, 0.1) is 10.8 Å². The molecule has 1 atom stereocenters. The van der Waals surface area contributed by atoms with E-state index in [9.17, 15) is 9.00 Å². The number of hydrogen-bond acceptors (Lipinski definition) is 6. The number of allylic oxidation sites excluding steroid dienone is 1. The lowest BCUT2D eigenvalue weighted by Gasteiger charge is -2.36. The first-order valence-corrected chi connectivity index (χ1v) is 13.0. The van der Waals surface area contributed by atoms with E-state index in [4.69, 9.17) is 0 Å². The summed E-state index contributed by atoms with van der Waals surface area (Å²) in [4.78, 5) is 26.5. The zero-order valence-electron chi connectivity index (χ0n) is 18.0. The number of aromatic nitrogens is 2. The SMILES string of the molecule is C=CCc1c(SCCCC)ncnc1N1CCN(C(=O)CS(=O)c2ccccc2)CC1. The number of hydrogen-bond donors (Lipinski definition) is 0. The molecule has 1 amide bonds. The Kier molecular flexibility index (Phi) is 9.09. The predicted octanol–water partition coefficient (Wildman–Crippen LogP) is 3.55. The summed E-state index contributed by atoms with van der Waals surface area (Å²) >= 11 is 1.78. The molecule has 3 rings (SSSR count). The minimum atomic E-state index is -1.31. The number of anilines is 1. The van der Waals surface area contributed by atoms with Crippen LogP contribution in [0.1, 0.15) is 25.3 Å². The molecular weight excluding hydrogens is 428 g/mol. The summed E-state index contributed by atoms with van der Waals surface area (Å²) in [7, 11) is -1.31. The third kappa shape index (κ3) is 6.40. The molecule has 0 radical (unpaired) electrons. The molecule has 0 aliphatic carbocycles. The Morgan fingerprint density at radius 1 is 1.19 bits per heavy atom. The van der Waals surface area contributed by atoms with E-state index < -0.39 is 10.8 Å². The van der Waals surface area contributed by atoms with Gasteiger partial charge in [0.25, 0.3) is 0 Å². The molecule has 2 heterocycles. The molecule has 6 nitrogen and oxygen atoms in total. The van der Waals surface area contributed by atoms with Gasteiger partial charge >= 0.3 is 0 Å². The smallest absolute Gasteiger partial charge is 0.235 e. The van der Waals surface area contributed by atoms with E-state index in [0.717, 1.165) is 41.4 Å². The number of rotatable bonds is 10. The summed E-state index contributed by atoms with van der Waals surface area (Å²) in [6, 6.07) is 9.16. The second-order valence-corrected chi connectivity index (χ2v) is 9.88. The van der Waals surface area contributed by atoms with Gasteiger partial charge in [0.15, 0.2) is 0 Å². The number of benzene rings is 1. The number of unbranched alkanes of at least 4 members (excludes halogenated alkanes) is 1. The van der Waals surface area contributed by atoms with E-state index >= 15 is 0 Å². The van der Waals surface area contributed by atoms with Gasteiger partial charge < -0.3 is 9.80 Å². The van der Waals surface area contributed by atoms with Gasteiger partial charge in [-0.25, -0.2) is 9.97 Å². The summed E-state index contributed by atoms with van der Waals surface area (Å²) in [5.74, 6) is 1.94. The first-order chi connectivity index (χ1) is 15.1. The lowest BCUT2D eigenvalue weighted by Crippen LogP contribution is -2.50. The van der Waals surface area contributed by atoms with Crippen LogP contribution in [0.15, 0.2) is 59.2 Å². The van der Waals surface area contributed by atoms with E-state index in [2.05, 4.69) is 28.4 Å². The van der Waals surface area contributed by atoms with Gasteiger partial charge in [-0.1, -0.05) is 37.6 Å². The second kappa shape index (κ2) is 12.0. The lowest BCUT2D eigenvalue weighted by atomic mass is 10.2. The van der Waals surface area contributed by atoms with Gasteiger partial charge in [-0.05, 0) is 30.7 Å². The number of amides is 1. The van der Waals surface area contributed by atoms with Crippen molar-refractivity contribution in [3.05, 3.63) is 54.9 Å². The minimum Gasteiger partial charge on any atom is -0.353 e. The summed E-state index contributed by atoms with van der Waals surface area (Å²) in [6.07, 6.45) is 6.57. The summed E-state index contributed by atoms with van der Waals surface area (Å²) in [5.41, 5.74) is 1.11. The van der Waals surface area contributed by atoms with E-state index in [1.807, 2.05) is 29.2 Å². The maximum absolute atomic E-state index is 12.7. The topological polar surface area (TPSA) is 66.4 Å². The molecule has 0 spiro atoms. The molecular formula is C23H30N4O2S2. The van der Waals surface area contributed by atoms with Crippen molar-refractivity contribution in [3.8, 4) is 0 Å². The van der Waals surface area contributed by atoms with Crippen LogP contribution in [0.5, 0.6) is 0 Å². The molecule has 1 fully saturated rings. The molecule has 166 valence electrons. The lowest BCUT2D eigenvalue weighted by molar-refractivity contribution is -0.128. The van der Waals surface area contributed by atoms with Crippen LogP contribution in [0.2, 0.25) is 0 Å². The number of thioether (sulfide) groups is 1. The zero-order valence-corrected chi connectivity index (χ0v) is 19.7. The molecule has 1 aliphatic heterocycles. The van der Waals surface area contributed by atoms with Crippen LogP contribution < -0.4 is 4.90 Å². The van der Waals surface area contributed by atoms with Crippen molar-refractivity contribution in [2.75, 3.05) is 42.6 Å². The van der Waals surface area contributed by atoms with Crippen LogP contribution in [-0.4, -0.2) is 62.7 Å². The average Bonchev–Trinajstić information content (AvgIpc) is 2.81. The molecule has 0 saturated carbocycles. The van der Waals surface area contributed by atoms with Crippen molar-refractivity contribution >= 4 is 34.3 Å². The fourth-order valence-corrected chi connectivity index (χ4v) is 5.58. The maximum Gasteiger partial charge on any atom is 0.235 e. The van der Waals surface area contributed by atoms with Crippen molar-refractivity contribution in [3.63, 3.8) is 0 Å². The first-order valence-electron chi connectivity index (χ1n) is 10.7. The highest BCUT2D eigenvalue weighted by Crippen LogP contribution is 2.29. The molecule has 0 bridgehead atoms. The van der Waals surface area contributed by atoms with Gasteiger partial charge in [0.2, 0.25) is 5.91 Å². The summed E-state index contributed by atoms with van der Waals surface area (Å²) in [5, 5.41) is 1.02. The van der Waals surface area contributed by atoms with Crippen LogP contribution in [0, 0.1) is 0 Å². The molecule has 0 N–H and O–H groups in total. The highest BCUT2D eigenvalue weighted by molar-refractivity contribution is 7.99. The van der Waals surface area contributed by atoms with Crippen molar-refractivity contribution in [2.24, 2.45) is 0 Å². The largest absolute Gasteiger partial charge is 0.353 e. The van der Waals surface area contributed by atoms with Crippen LogP contribution in [-0.2, 0) is 22.0 Å². The van der Waals surface area contributed by atoms with E-state index in [-0.39, 0.29) is 11.7 Å². The second-order valence-electron chi connectivity index (χ2n) is 7.35. The fourth-order valence-electron chi connectivity index (χ4n) is 3.45. The van der Waals surface area contributed by atoms with Gasteiger partial charge in [0.1, 0.15) is 22.9 Å². The maximum atomic E-state index is 12.7. The predicted molar refractivity (Wildman–Crippen MR) is 128 cm³/mol. The summed E-state index contributed by atoms with van der Waals surface area (Å²) in [6.45, 7) is 8.68. The molecule has 1 unspecified atom stereocenters. The number of nitrogens with zero attached hydrogens (tertiary/aromatic N) is 4. The van der Waals surface area contributed by atoms with Crippen LogP contribution in [0.25, 0.3) is 0 Å². The Morgan fingerprint density at radius 3 is 2.61 bits per heavy atom. The Morgan fingerprint density at radius 2 is 1.94 bits per heavy atom. The van der Waals surface area contributed by atoms with E-state index in [0.29, 0.717) is 31.1 Å². The zero-order chi connectivity index (χ0) is 22.1. The van der Waals surface area contributed by atoms with Gasteiger partial charge in [0, 0.05) is 36.6 Å². The number of carbonyl (C=O) groups excluding carboxylic acids is 1. The molecule has 1 aromatic carbocycles. The van der Waals surface area contributed by atoms with Crippen LogP contribution in [0.3, 0.4) is 0 Å². The Hall–Kier alpha value is -2.19. The third-order valence-electron chi connectivity index (χ3n) is 5.16. The number of piperazine rings is 1. The van der Waals surface area contributed by atoms with Crippen molar-refractivity contribution in [1.82, 2.24) is 14.9 Å². The van der Waals surface area contributed by atoms with Crippen LogP contribution >= 0.6 is 11.8 Å². The van der Waals surface area contributed by atoms with Crippen molar-refractivity contribution in [1.29, 1.82) is 0 Å². The van der Waals surface area contributed by atoms with Crippen molar-refractivity contribution in [2.45, 2.75) is 36.1 Å². The van der Waals surface area contributed by atoms with E-state index in [1.165, 1.54) is 0 Å². The normalized spacial score (nSPS) is 15.0. The molecule has 1 aliphatic rings. The van der Waals surface area contributed by atoms with Crippen molar-refractivity contribution < 1.29 is 9.00 Å². The van der Waals surface area contributed by atoms with Crippen LogP contribution in [0.4, 0.5) is 5.82 Å². The molecule has 1 saturated heterocycles.